The number of rotatable bonds is 5. The summed E-state index contributed by atoms with van der Waals surface area (Å²) in [5.74, 6) is -3.31. The normalized spacial score (nSPS) is 14.8. The average molecular weight is 605 g/mol. The first kappa shape index (κ1) is 28.3. The van der Waals surface area contributed by atoms with Gasteiger partial charge in [-0.3, -0.25) is 14.2 Å². The standard InChI is InChI=1S/C20H13ClF8N6O3S/c21-11-8-34-15(6-12(11)22)32-17(19(24,25)26)16(34)18(36)30-7-10-1-2-14(13(23)5-10)35-4-3-33(9-31-35)39(37,38)20(27,28)29/h1-2,5-6,8-9H,3-4,7H2,(H,30,36). The highest BCUT2D eigenvalue weighted by molar-refractivity contribution is 7.90. The summed E-state index contributed by atoms with van der Waals surface area (Å²) in [5.41, 5.74) is -8.86. The van der Waals surface area contributed by atoms with Crippen molar-refractivity contribution in [3.05, 3.63) is 64.1 Å². The number of amides is 1. The summed E-state index contributed by atoms with van der Waals surface area (Å²) < 4.78 is 130. The summed E-state index contributed by atoms with van der Waals surface area (Å²) in [6, 6.07) is 3.87. The molecule has 0 aliphatic carbocycles. The van der Waals surface area contributed by atoms with Crippen LogP contribution in [0.2, 0.25) is 5.02 Å². The minimum absolute atomic E-state index is 0.0395. The quantitative estimate of drug-likeness (QED) is 0.442. The van der Waals surface area contributed by atoms with E-state index < -0.39 is 80.9 Å². The third-order valence-corrected chi connectivity index (χ3v) is 7.10. The first-order valence-electron chi connectivity index (χ1n) is 10.4. The summed E-state index contributed by atoms with van der Waals surface area (Å²) in [6.07, 6.45) is -3.95. The largest absolute Gasteiger partial charge is 0.516 e. The number of fused-ring (bicyclic) bond motifs is 1. The molecular weight excluding hydrogens is 592 g/mol. The second kappa shape index (κ2) is 9.82. The Labute approximate surface area is 218 Å². The van der Waals surface area contributed by atoms with Crippen LogP contribution in [0.5, 0.6) is 0 Å². The molecule has 0 atom stereocenters. The van der Waals surface area contributed by atoms with E-state index in [1.807, 2.05) is 0 Å². The van der Waals surface area contributed by atoms with Crippen molar-refractivity contribution in [3.63, 3.8) is 0 Å². The van der Waals surface area contributed by atoms with Crippen molar-refractivity contribution in [2.45, 2.75) is 18.2 Å². The van der Waals surface area contributed by atoms with Crippen molar-refractivity contribution < 1.29 is 48.3 Å². The van der Waals surface area contributed by atoms with E-state index in [0.29, 0.717) is 16.8 Å². The molecule has 3 aromatic rings. The molecule has 9 nitrogen and oxygen atoms in total. The van der Waals surface area contributed by atoms with Crippen LogP contribution in [0, 0.1) is 11.6 Å². The Morgan fingerprint density at radius 1 is 1.05 bits per heavy atom. The van der Waals surface area contributed by atoms with Gasteiger partial charge in [-0.05, 0) is 17.7 Å². The van der Waals surface area contributed by atoms with Gasteiger partial charge in [-0.15, -0.1) is 0 Å². The van der Waals surface area contributed by atoms with Crippen molar-refractivity contribution >= 4 is 45.2 Å². The topological polar surface area (TPSA) is 99.4 Å². The highest BCUT2D eigenvalue weighted by Crippen LogP contribution is 2.33. The van der Waals surface area contributed by atoms with Crippen LogP contribution in [-0.2, 0) is 22.7 Å². The van der Waals surface area contributed by atoms with E-state index >= 15 is 0 Å². The molecule has 210 valence electrons. The van der Waals surface area contributed by atoms with Crippen LogP contribution in [0.3, 0.4) is 0 Å². The van der Waals surface area contributed by atoms with Gasteiger partial charge in [0.25, 0.3) is 5.91 Å². The van der Waals surface area contributed by atoms with Crippen LogP contribution < -0.4 is 10.3 Å². The van der Waals surface area contributed by atoms with Gasteiger partial charge in [0.2, 0.25) is 0 Å². The third-order valence-electron chi connectivity index (χ3n) is 5.34. The maximum absolute atomic E-state index is 14.7. The van der Waals surface area contributed by atoms with Gasteiger partial charge in [-0.1, -0.05) is 17.7 Å². The summed E-state index contributed by atoms with van der Waals surface area (Å²) in [7, 11) is -5.67. The number of alkyl halides is 6. The number of sulfonamides is 1. The molecule has 0 radical (unpaired) electrons. The number of anilines is 1. The van der Waals surface area contributed by atoms with Gasteiger partial charge in [0, 0.05) is 18.8 Å². The van der Waals surface area contributed by atoms with Crippen LogP contribution in [0.1, 0.15) is 21.7 Å². The Hall–Kier alpha value is -3.67. The third kappa shape index (κ3) is 5.42. The second-order valence-electron chi connectivity index (χ2n) is 7.89. The van der Waals surface area contributed by atoms with Crippen molar-refractivity contribution in [1.82, 2.24) is 19.0 Å². The molecule has 1 aliphatic heterocycles. The van der Waals surface area contributed by atoms with Crippen LogP contribution >= 0.6 is 11.6 Å². The van der Waals surface area contributed by atoms with E-state index in [1.165, 1.54) is 6.07 Å². The smallest absolute Gasteiger partial charge is 0.347 e. The fourth-order valence-electron chi connectivity index (χ4n) is 3.52. The number of aromatic nitrogens is 2. The van der Waals surface area contributed by atoms with Gasteiger partial charge in [0.1, 0.15) is 29.3 Å². The highest BCUT2D eigenvalue weighted by Gasteiger charge is 2.50. The van der Waals surface area contributed by atoms with Crippen molar-refractivity contribution in [2.24, 2.45) is 5.10 Å². The Kier molecular flexibility index (Phi) is 7.13. The summed E-state index contributed by atoms with van der Waals surface area (Å²) >= 11 is 5.63. The second-order valence-corrected chi connectivity index (χ2v) is 10.2. The first-order valence-corrected chi connectivity index (χ1v) is 12.2. The predicted octanol–water partition coefficient (Wildman–Crippen LogP) is 4.13. The molecule has 0 saturated carbocycles. The SMILES string of the molecule is O=C(NCc1ccc(N2CCN(S(=O)(=O)C(F)(F)F)C=N2)c(F)c1)c1c(C(F)(F)F)nc2cc(F)c(Cl)cn12. The van der Waals surface area contributed by atoms with E-state index in [9.17, 15) is 48.3 Å². The average Bonchev–Trinajstić information content (AvgIpc) is 3.21. The molecule has 0 fully saturated rings. The maximum Gasteiger partial charge on any atom is 0.516 e. The number of carbonyl (C=O) groups is 1. The van der Waals surface area contributed by atoms with Gasteiger partial charge < -0.3 is 5.32 Å². The predicted molar refractivity (Wildman–Crippen MR) is 120 cm³/mol. The monoisotopic (exact) mass is 604 g/mol. The highest BCUT2D eigenvalue weighted by atomic mass is 35.5. The number of imidazole rings is 1. The van der Waals surface area contributed by atoms with Gasteiger partial charge in [-0.2, -0.15) is 39.9 Å². The number of pyridine rings is 1. The molecule has 0 unspecified atom stereocenters. The molecule has 1 aromatic carbocycles. The minimum Gasteiger partial charge on any atom is -0.347 e. The van der Waals surface area contributed by atoms with E-state index in [-0.39, 0.29) is 15.6 Å². The number of carbonyl (C=O) groups excluding carboxylic acids is 1. The maximum atomic E-state index is 14.7. The van der Waals surface area contributed by atoms with Crippen LogP contribution in [-0.4, -0.2) is 53.0 Å². The fourth-order valence-corrected chi connectivity index (χ4v) is 4.42. The molecule has 2 aromatic heterocycles. The van der Waals surface area contributed by atoms with E-state index in [1.54, 1.807) is 0 Å². The molecule has 0 bridgehead atoms. The molecular formula is C20H13ClF8N6O3S. The number of halogens is 9. The zero-order valence-electron chi connectivity index (χ0n) is 18.9. The van der Waals surface area contributed by atoms with Crippen LogP contribution in [0.15, 0.2) is 35.6 Å². The molecule has 19 heteroatoms. The molecule has 1 aliphatic rings. The Morgan fingerprint density at radius 3 is 2.31 bits per heavy atom. The van der Waals surface area contributed by atoms with Crippen LogP contribution in [0.25, 0.3) is 5.65 Å². The number of hydrazone groups is 1. The van der Waals surface area contributed by atoms with Gasteiger partial charge in [0.05, 0.1) is 23.8 Å². The molecule has 1 amide bonds. The molecule has 3 heterocycles. The number of hydrogen-bond acceptors (Lipinski definition) is 6. The molecule has 39 heavy (non-hydrogen) atoms. The summed E-state index contributed by atoms with van der Waals surface area (Å²) in [6.45, 7) is -1.59. The van der Waals surface area contributed by atoms with Crippen molar-refractivity contribution in [2.75, 3.05) is 18.1 Å². The minimum atomic E-state index is -5.67. The Bertz CT molecular complexity index is 1590. The van der Waals surface area contributed by atoms with E-state index in [4.69, 9.17) is 11.6 Å². The number of benzene rings is 1. The lowest BCUT2D eigenvalue weighted by molar-refractivity contribution is -0.141. The van der Waals surface area contributed by atoms with Crippen molar-refractivity contribution in [1.29, 1.82) is 0 Å². The van der Waals surface area contributed by atoms with Gasteiger partial charge in [0.15, 0.2) is 5.69 Å². The number of nitrogens with zero attached hydrogens (tertiary/aromatic N) is 5. The van der Waals surface area contributed by atoms with E-state index in [0.717, 1.165) is 23.3 Å². The fraction of sp³-hybridized carbons (Fsp3) is 0.250. The lowest BCUT2D eigenvalue weighted by Gasteiger charge is -2.29. The van der Waals surface area contributed by atoms with Crippen LogP contribution in [0.4, 0.5) is 40.8 Å². The molecule has 0 spiro atoms. The number of hydrogen-bond donors (Lipinski definition) is 1. The van der Waals surface area contributed by atoms with Crippen molar-refractivity contribution in [3.8, 4) is 0 Å². The molecule has 1 N–H and O–H groups in total. The zero-order chi connectivity index (χ0) is 28.9. The molecule has 0 saturated heterocycles. The Balaban J connectivity index is 1.52. The molecule has 4 rings (SSSR count). The van der Waals surface area contributed by atoms with Gasteiger partial charge in [-0.25, -0.2) is 18.1 Å². The lowest BCUT2D eigenvalue weighted by Crippen LogP contribution is -2.46. The number of nitrogens with one attached hydrogen (secondary N) is 1. The summed E-state index contributed by atoms with van der Waals surface area (Å²) in [5, 5.41) is 6.03. The summed E-state index contributed by atoms with van der Waals surface area (Å²) in [4.78, 5) is 15.9. The van der Waals surface area contributed by atoms with E-state index in [2.05, 4.69) is 15.4 Å². The Morgan fingerprint density at radius 2 is 1.74 bits per heavy atom. The first-order chi connectivity index (χ1) is 18.0. The van der Waals surface area contributed by atoms with Gasteiger partial charge >= 0.3 is 21.7 Å². The zero-order valence-corrected chi connectivity index (χ0v) is 20.4. The lowest BCUT2D eigenvalue weighted by atomic mass is 10.2.